The summed E-state index contributed by atoms with van der Waals surface area (Å²) in [5.74, 6) is 1.36. The van der Waals surface area contributed by atoms with E-state index in [2.05, 4.69) is 20.4 Å². The molecule has 0 radical (unpaired) electrons. The highest BCUT2D eigenvalue weighted by Crippen LogP contribution is 2.30. The van der Waals surface area contributed by atoms with Crippen molar-refractivity contribution < 1.29 is 14.6 Å². The number of hydrogen-bond donors (Lipinski definition) is 2. The summed E-state index contributed by atoms with van der Waals surface area (Å²) in [5, 5.41) is 17.1. The molecule has 5 rings (SSSR count). The van der Waals surface area contributed by atoms with Crippen molar-refractivity contribution in [3.8, 4) is 11.1 Å². The predicted molar refractivity (Wildman–Crippen MR) is 106 cm³/mol. The number of pyridine rings is 1. The SMILES string of the molecule is O=C(Nc1cc2cc(-c3cnc(COC4CCC[C@@H]4O)nc3)ccn2n1)C1CC1. The molecule has 0 spiro atoms. The lowest BCUT2D eigenvalue weighted by Gasteiger charge is -2.14. The average Bonchev–Trinajstić information content (AvgIpc) is 3.39. The van der Waals surface area contributed by atoms with Crippen LogP contribution < -0.4 is 5.32 Å². The third kappa shape index (κ3) is 3.99. The number of aliphatic hydroxyl groups is 1. The number of aromatic nitrogens is 4. The number of hydrogen-bond acceptors (Lipinski definition) is 6. The first-order valence-corrected chi connectivity index (χ1v) is 10.1. The number of amides is 1. The molecule has 2 aliphatic carbocycles. The van der Waals surface area contributed by atoms with Gasteiger partial charge < -0.3 is 15.2 Å². The Morgan fingerprint density at radius 1 is 1.17 bits per heavy atom. The van der Waals surface area contributed by atoms with Crippen molar-refractivity contribution in [1.82, 2.24) is 19.6 Å². The minimum absolute atomic E-state index is 0.0463. The van der Waals surface area contributed by atoms with Gasteiger partial charge in [-0.2, -0.15) is 5.10 Å². The van der Waals surface area contributed by atoms with Crippen molar-refractivity contribution in [1.29, 1.82) is 0 Å². The van der Waals surface area contributed by atoms with Crippen LogP contribution in [-0.2, 0) is 16.1 Å². The Balaban J connectivity index is 1.27. The predicted octanol–water partition coefficient (Wildman–Crippen LogP) is 2.57. The maximum atomic E-state index is 11.9. The molecule has 2 N–H and O–H groups in total. The van der Waals surface area contributed by atoms with Crippen LogP contribution in [0.2, 0.25) is 0 Å². The summed E-state index contributed by atoms with van der Waals surface area (Å²) in [6.07, 6.45) is 9.51. The van der Waals surface area contributed by atoms with Gasteiger partial charge in [-0.05, 0) is 49.8 Å². The lowest BCUT2D eigenvalue weighted by Crippen LogP contribution is -2.22. The zero-order chi connectivity index (χ0) is 19.8. The van der Waals surface area contributed by atoms with Gasteiger partial charge >= 0.3 is 0 Å². The van der Waals surface area contributed by atoms with Gasteiger partial charge in [-0.15, -0.1) is 0 Å². The molecule has 29 heavy (non-hydrogen) atoms. The third-order valence-electron chi connectivity index (χ3n) is 5.55. The molecule has 0 bridgehead atoms. The van der Waals surface area contributed by atoms with E-state index in [1.807, 2.05) is 24.4 Å². The van der Waals surface area contributed by atoms with Crippen LogP contribution in [-0.4, -0.2) is 42.8 Å². The number of carbonyl (C=O) groups is 1. The second-order valence-electron chi connectivity index (χ2n) is 7.81. The Morgan fingerprint density at radius 2 is 2.00 bits per heavy atom. The molecule has 1 unspecified atom stereocenters. The molecule has 2 atom stereocenters. The van der Waals surface area contributed by atoms with Crippen molar-refractivity contribution in [3.63, 3.8) is 0 Å². The minimum Gasteiger partial charge on any atom is -0.390 e. The molecule has 150 valence electrons. The monoisotopic (exact) mass is 393 g/mol. The quantitative estimate of drug-likeness (QED) is 0.667. The summed E-state index contributed by atoms with van der Waals surface area (Å²) in [4.78, 5) is 20.7. The van der Waals surface area contributed by atoms with Crippen LogP contribution >= 0.6 is 0 Å². The molecule has 2 saturated carbocycles. The van der Waals surface area contributed by atoms with Crippen LogP contribution in [0.25, 0.3) is 16.6 Å². The Kier molecular flexibility index (Phi) is 4.73. The first-order chi connectivity index (χ1) is 14.2. The summed E-state index contributed by atoms with van der Waals surface area (Å²) in [5.41, 5.74) is 2.74. The summed E-state index contributed by atoms with van der Waals surface area (Å²) in [7, 11) is 0. The van der Waals surface area contributed by atoms with E-state index in [0.29, 0.717) is 18.2 Å². The van der Waals surface area contributed by atoms with Gasteiger partial charge in [0.15, 0.2) is 11.6 Å². The molecular formula is C21H23N5O3. The second-order valence-corrected chi connectivity index (χ2v) is 7.81. The van der Waals surface area contributed by atoms with Crippen LogP contribution in [0.5, 0.6) is 0 Å². The van der Waals surface area contributed by atoms with Crippen LogP contribution in [0.15, 0.2) is 36.8 Å². The molecular weight excluding hydrogens is 370 g/mol. The fraction of sp³-hybridized carbons (Fsp3) is 0.429. The number of ether oxygens (including phenoxy) is 1. The van der Waals surface area contributed by atoms with E-state index in [1.165, 1.54) is 0 Å². The molecule has 3 aromatic heterocycles. The van der Waals surface area contributed by atoms with E-state index >= 15 is 0 Å². The molecule has 0 saturated heterocycles. The highest BCUT2D eigenvalue weighted by molar-refractivity contribution is 5.93. The van der Waals surface area contributed by atoms with Gasteiger partial charge in [0.25, 0.3) is 0 Å². The summed E-state index contributed by atoms with van der Waals surface area (Å²) in [6.45, 7) is 0.299. The Morgan fingerprint density at radius 3 is 2.72 bits per heavy atom. The molecule has 1 amide bonds. The highest BCUT2D eigenvalue weighted by Gasteiger charge is 2.30. The third-order valence-corrected chi connectivity index (χ3v) is 5.55. The summed E-state index contributed by atoms with van der Waals surface area (Å²) >= 11 is 0. The Labute approximate surface area is 167 Å². The second kappa shape index (κ2) is 7.53. The molecule has 0 aliphatic heterocycles. The molecule has 8 heteroatoms. The number of nitrogens with zero attached hydrogens (tertiary/aromatic N) is 4. The first kappa shape index (κ1) is 18.2. The Hall–Kier alpha value is -2.84. The number of rotatable bonds is 6. The molecule has 8 nitrogen and oxygen atoms in total. The first-order valence-electron chi connectivity index (χ1n) is 10.1. The number of carbonyl (C=O) groups excluding carboxylic acids is 1. The zero-order valence-corrected chi connectivity index (χ0v) is 16.0. The molecule has 3 heterocycles. The van der Waals surface area contributed by atoms with Crippen LogP contribution in [0.1, 0.15) is 37.9 Å². The lowest BCUT2D eigenvalue weighted by molar-refractivity contribution is -0.117. The van der Waals surface area contributed by atoms with E-state index in [-0.39, 0.29) is 24.0 Å². The number of anilines is 1. The van der Waals surface area contributed by atoms with E-state index < -0.39 is 0 Å². The van der Waals surface area contributed by atoms with Gasteiger partial charge in [-0.3, -0.25) is 4.79 Å². The van der Waals surface area contributed by atoms with E-state index in [9.17, 15) is 9.90 Å². The smallest absolute Gasteiger partial charge is 0.228 e. The van der Waals surface area contributed by atoms with E-state index in [1.54, 1.807) is 16.9 Å². The number of aliphatic hydroxyl groups excluding tert-OH is 1. The maximum Gasteiger partial charge on any atom is 0.228 e. The number of nitrogens with one attached hydrogen (secondary N) is 1. The van der Waals surface area contributed by atoms with Gasteiger partial charge in [0.2, 0.25) is 5.91 Å². The zero-order valence-electron chi connectivity index (χ0n) is 16.0. The van der Waals surface area contributed by atoms with Crippen LogP contribution in [0, 0.1) is 5.92 Å². The van der Waals surface area contributed by atoms with Crippen molar-refractivity contribution in [2.24, 2.45) is 5.92 Å². The van der Waals surface area contributed by atoms with Crippen molar-refractivity contribution in [3.05, 3.63) is 42.6 Å². The van der Waals surface area contributed by atoms with E-state index in [0.717, 1.165) is 48.7 Å². The summed E-state index contributed by atoms with van der Waals surface area (Å²) < 4.78 is 7.48. The van der Waals surface area contributed by atoms with Gasteiger partial charge in [0, 0.05) is 36.1 Å². The standard InChI is InChI=1S/C21H23N5O3/c27-17-2-1-3-18(17)29-12-20-22-10-15(11-23-20)14-6-7-26-16(8-14)9-19(25-26)24-21(28)13-4-5-13/h6-11,13,17-18,27H,1-5,12H2,(H,24,25,28)/t17-,18?/m0/s1. The maximum absolute atomic E-state index is 11.9. The molecule has 3 aromatic rings. The average molecular weight is 393 g/mol. The van der Waals surface area contributed by atoms with Crippen molar-refractivity contribution in [2.75, 3.05) is 5.32 Å². The van der Waals surface area contributed by atoms with Gasteiger partial charge in [-0.1, -0.05) is 0 Å². The van der Waals surface area contributed by atoms with Gasteiger partial charge in [0.1, 0.15) is 6.61 Å². The number of fused-ring (bicyclic) bond motifs is 1. The summed E-state index contributed by atoms with van der Waals surface area (Å²) in [6, 6.07) is 5.79. The molecule has 0 aromatic carbocycles. The highest BCUT2D eigenvalue weighted by atomic mass is 16.5. The van der Waals surface area contributed by atoms with E-state index in [4.69, 9.17) is 4.74 Å². The van der Waals surface area contributed by atoms with Crippen LogP contribution in [0.4, 0.5) is 5.82 Å². The minimum atomic E-state index is -0.379. The topological polar surface area (TPSA) is 102 Å². The Bertz CT molecular complexity index is 1030. The fourth-order valence-corrected chi connectivity index (χ4v) is 3.67. The molecule has 2 aliphatic rings. The van der Waals surface area contributed by atoms with Crippen molar-refractivity contribution >= 4 is 17.2 Å². The molecule has 2 fully saturated rings. The fourth-order valence-electron chi connectivity index (χ4n) is 3.67. The largest absolute Gasteiger partial charge is 0.390 e. The van der Waals surface area contributed by atoms with Gasteiger partial charge in [-0.25, -0.2) is 14.5 Å². The van der Waals surface area contributed by atoms with Crippen molar-refractivity contribution in [2.45, 2.75) is 50.9 Å². The normalized spacial score (nSPS) is 21.6. The lowest BCUT2D eigenvalue weighted by atomic mass is 10.1. The van der Waals surface area contributed by atoms with Gasteiger partial charge in [0.05, 0.1) is 17.7 Å². The van der Waals surface area contributed by atoms with Crippen LogP contribution in [0.3, 0.4) is 0 Å².